The predicted octanol–water partition coefficient (Wildman–Crippen LogP) is 1.81. The van der Waals surface area contributed by atoms with Gasteiger partial charge in [0.25, 0.3) is 0 Å². The van der Waals surface area contributed by atoms with Gasteiger partial charge in [-0.05, 0) is 43.2 Å². The van der Waals surface area contributed by atoms with E-state index in [1.54, 1.807) is 23.5 Å². The number of hydrogen-bond acceptors (Lipinski definition) is 7. The van der Waals surface area contributed by atoms with Crippen LogP contribution in [0, 0.1) is 0 Å². The minimum atomic E-state index is -3.69. The number of hydrogen-bond donors (Lipinski definition) is 2. The number of carbonyl (C=O) groups is 1. The standard InChI is InChI=1S/C23H29N5O3S2/c1-17(23(29)25-11-10-18-6-8-19(9-7-18)33(24,30)31)28-14-12-27(13-15-28)16-22-26-20-4-2-3-5-21(20)32-22/h2-9,17H,10-16H2,1H3,(H,25,29)(H2,24,30,31)/t17-/m1/s1. The molecular formula is C23H29N5O3S2. The molecule has 1 amide bonds. The number of amides is 1. The highest BCUT2D eigenvalue weighted by atomic mass is 32.2. The molecule has 2 heterocycles. The minimum Gasteiger partial charge on any atom is -0.354 e. The zero-order valence-corrected chi connectivity index (χ0v) is 20.2. The lowest BCUT2D eigenvalue weighted by atomic mass is 10.1. The van der Waals surface area contributed by atoms with Crippen molar-refractivity contribution in [1.82, 2.24) is 20.1 Å². The Labute approximate surface area is 198 Å². The van der Waals surface area contributed by atoms with Crippen molar-refractivity contribution in [3.05, 3.63) is 59.1 Å². The highest BCUT2D eigenvalue weighted by Gasteiger charge is 2.25. The van der Waals surface area contributed by atoms with Gasteiger partial charge in [0.05, 0.1) is 27.7 Å². The van der Waals surface area contributed by atoms with E-state index in [1.807, 2.05) is 25.1 Å². The van der Waals surface area contributed by atoms with Gasteiger partial charge in [-0.1, -0.05) is 24.3 Å². The summed E-state index contributed by atoms with van der Waals surface area (Å²) < 4.78 is 23.9. The van der Waals surface area contributed by atoms with Crippen LogP contribution in [0.1, 0.15) is 17.5 Å². The van der Waals surface area contributed by atoms with E-state index < -0.39 is 10.0 Å². The van der Waals surface area contributed by atoms with Crippen molar-refractivity contribution in [2.24, 2.45) is 5.14 Å². The molecule has 10 heteroatoms. The lowest BCUT2D eigenvalue weighted by Gasteiger charge is -2.37. The maximum atomic E-state index is 12.6. The summed E-state index contributed by atoms with van der Waals surface area (Å²) in [6, 6.07) is 14.4. The number of primary sulfonamides is 1. The summed E-state index contributed by atoms with van der Waals surface area (Å²) in [5, 5.41) is 9.24. The second-order valence-corrected chi connectivity index (χ2v) is 11.0. The maximum absolute atomic E-state index is 12.6. The number of benzene rings is 2. The summed E-state index contributed by atoms with van der Waals surface area (Å²) in [4.78, 5) is 22.0. The van der Waals surface area contributed by atoms with Crippen LogP contribution >= 0.6 is 11.3 Å². The molecule has 0 radical (unpaired) electrons. The van der Waals surface area contributed by atoms with Gasteiger partial charge in [-0.2, -0.15) is 0 Å². The fourth-order valence-corrected chi connectivity index (χ4v) is 5.50. The summed E-state index contributed by atoms with van der Waals surface area (Å²) in [6.07, 6.45) is 0.624. The molecule has 0 spiro atoms. The molecule has 0 unspecified atom stereocenters. The van der Waals surface area contributed by atoms with Crippen LogP contribution in [0.15, 0.2) is 53.4 Å². The van der Waals surface area contributed by atoms with Gasteiger partial charge >= 0.3 is 0 Å². The molecule has 0 bridgehead atoms. The van der Waals surface area contributed by atoms with E-state index in [2.05, 4.69) is 21.2 Å². The molecule has 33 heavy (non-hydrogen) atoms. The van der Waals surface area contributed by atoms with Gasteiger partial charge < -0.3 is 5.32 Å². The van der Waals surface area contributed by atoms with Gasteiger partial charge in [-0.25, -0.2) is 18.5 Å². The van der Waals surface area contributed by atoms with Gasteiger partial charge in [0, 0.05) is 32.7 Å². The van der Waals surface area contributed by atoms with Crippen molar-refractivity contribution in [1.29, 1.82) is 0 Å². The van der Waals surface area contributed by atoms with Crippen LogP contribution in [0.2, 0.25) is 0 Å². The second kappa shape index (κ2) is 10.3. The van der Waals surface area contributed by atoms with E-state index in [9.17, 15) is 13.2 Å². The smallest absolute Gasteiger partial charge is 0.238 e. The van der Waals surface area contributed by atoms with Crippen LogP contribution in [0.5, 0.6) is 0 Å². The topological polar surface area (TPSA) is 109 Å². The molecule has 4 rings (SSSR count). The molecule has 1 fully saturated rings. The number of para-hydroxylation sites is 1. The zero-order valence-electron chi connectivity index (χ0n) is 18.6. The number of rotatable bonds is 8. The Bertz CT molecular complexity index is 1170. The second-order valence-electron chi connectivity index (χ2n) is 8.29. The average molecular weight is 488 g/mol. The zero-order chi connectivity index (χ0) is 23.4. The first-order valence-electron chi connectivity index (χ1n) is 11.0. The van der Waals surface area contributed by atoms with Crippen LogP contribution in [0.25, 0.3) is 10.2 Å². The molecule has 0 saturated carbocycles. The molecule has 8 nitrogen and oxygen atoms in total. The fraction of sp³-hybridized carbons (Fsp3) is 0.391. The van der Waals surface area contributed by atoms with Crippen LogP contribution in [0.4, 0.5) is 0 Å². The van der Waals surface area contributed by atoms with Crippen molar-refractivity contribution in [3.8, 4) is 0 Å². The maximum Gasteiger partial charge on any atom is 0.238 e. The number of nitrogens with two attached hydrogens (primary N) is 1. The summed E-state index contributed by atoms with van der Waals surface area (Å²) in [7, 11) is -3.69. The first kappa shape index (κ1) is 23.8. The Balaban J connectivity index is 1.20. The number of fused-ring (bicyclic) bond motifs is 1. The summed E-state index contributed by atoms with van der Waals surface area (Å²) in [5.74, 6) is 0.00998. The Kier molecular flexibility index (Phi) is 7.40. The van der Waals surface area contributed by atoms with Gasteiger partial charge in [0.2, 0.25) is 15.9 Å². The van der Waals surface area contributed by atoms with E-state index in [0.717, 1.165) is 48.8 Å². The number of nitrogens with zero attached hydrogens (tertiary/aromatic N) is 3. The number of aromatic nitrogens is 1. The Morgan fingerprint density at radius 3 is 2.48 bits per heavy atom. The number of thiazole rings is 1. The average Bonchev–Trinajstić information content (AvgIpc) is 3.21. The molecule has 3 N–H and O–H groups in total. The first-order chi connectivity index (χ1) is 15.8. The monoisotopic (exact) mass is 487 g/mol. The van der Waals surface area contributed by atoms with Gasteiger partial charge in [-0.3, -0.25) is 14.6 Å². The lowest BCUT2D eigenvalue weighted by Crippen LogP contribution is -2.53. The van der Waals surface area contributed by atoms with Crippen LogP contribution in [-0.4, -0.2) is 67.9 Å². The molecule has 1 aliphatic heterocycles. The number of sulfonamides is 1. The third-order valence-corrected chi connectivity index (χ3v) is 7.95. The predicted molar refractivity (Wildman–Crippen MR) is 130 cm³/mol. The highest BCUT2D eigenvalue weighted by molar-refractivity contribution is 7.89. The number of nitrogens with one attached hydrogen (secondary N) is 1. The van der Waals surface area contributed by atoms with E-state index in [1.165, 1.54) is 16.8 Å². The normalized spacial score (nSPS) is 16.7. The van der Waals surface area contributed by atoms with E-state index in [4.69, 9.17) is 10.1 Å². The van der Waals surface area contributed by atoms with Crippen molar-refractivity contribution in [2.45, 2.75) is 30.8 Å². The number of piperazine rings is 1. The van der Waals surface area contributed by atoms with Crippen LogP contribution in [0.3, 0.4) is 0 Å². The molecule has 3 aromatic rings. The molecule has 1 atom stereocenters. The van der Waals surface area contributed by atoms with Gasteiger partial charge in [-0.15, -0.1) is 11.3 Å². The molecule has 1 saturated heterocycles. The van der Waals surface area contributed by atoms with Crippen molar-refractivity contribution < 1.29 is 13.2 Å². The first-order valence-corrected chi connectivity index (χ1v) is 13.4. The fourth-order valence-electron chi connectivity index (χ4n) is 3.98. The van der Waals surface area contributed by atoms with E-state index >= 15 is 0 Å². The molecule has 0 aliphatic carbocycles. The van der Waals surface area contributed by atoms with Crippen LogP contribution in [-0.2, 0) is 27.8 Å². The Morgan fingerprint density at radius 1 is 1.12 bits per heavy atom. The quantitative estimate of drug-likeness (QED) is 0.502. The molecule has 1 aromatic heterocycles. The summed E-state index contributed by atoms with van der Waals surface area (Å²) in [6.45, 7) is 6.78. The van der Waals surface area contributed by atoms with Crippen LogP contribution < -0.4 is 10.5 Å². The third-order valence-electron chi connectivity index (χ3n) is 6.00. The number of carbonyl (C=O) groups excluding carboxylic acids is 1. The lowest BCUT2D eigenvalue weighted by molar-refractivity contribution is -0.126. The van der Waals surface area contributed by atoms with E-state index in [0.29, 0.717) is 13.0 Å². The van der Waals surface area contributed by atoms with Crippen molar-refractivity contribution >= 4 is 37.5 Å². The molecule has 2 aromatic carbocycles. The molecule has 1 aliphatic rings. The highest BCUT2D eigenvalue weighted by Crippen LogP contribution is 2.23. The third kappa shape index (κ3) is 6.15. The van der Waals surface area contributed by atoms with Gasteiger partial charge in [0.1, 0.15) is 5.01 Å². The Morgan fingerprint density at radius 2 is 1.82 bits per heavy atom. The Hall–Kier alpha value is -2.37. The van der Waals surface area contributed by atoms with Crippen molar-refractivity contribution in [2.75, 3.05) is 32.7 Å². The summed E-state index contributed by atoms with van der Waals surface area (Å²) in [5.41, 5.74) is 2.00. The van der Waals surface area contributed by atoms with Crippen molar-refractivity contribution in [3.63, 3.8) is 0 Å². The van der Waals surface area contributed by atoms with Gasteiger partial charge in [0.15, 0.2) is 0 Å². The molecular weight excluding hydrogens is 458 g/mol. The summed E-state index contributed by atoms with van der Waals surface area (Å²) >= 11 is 1.75. The SMILES string of the molecule is C[C@H](C(=O)NCCc1ccc(S(N)(=O)=O)cc1)N1CCN(Cc2nc3ccccc3s2)CC1. The minimum absolute atomic E-state index is 0.00998. The molecule has 176 valence electrons. The largest absolute Gasteiger partial charge is 0.354 e. The van der Waals surface area contributed by atoms with E-state index in [-0.39, 0.29) is 16.8 Å².